The fourth-order valence-corrected chi connectivity index (χ4v) is 1.77. The number of imide groups is 1. The van der Waals surface area contributed by atoms with Gasteiger partial charge in [-0.2, -0.15) is 0 Å². The van der Waals surface area contributed by atoms with Crippen molar-refractivity contribution in [3.63, 3.8) is 0 Å². The summed E-state index contributed by atoms with van der Waals surface area (Å²) in [6.45, 7) is 1.50. The van der Waals surface area contributed by atoms with Gasteiger partial charge in [-0.3, -0.25) is 14.9 Å². The van der Waals surface area contributed by atoms with Crippen molar-refractivity contribution in [2.45, 2.75) is 19.4 Å². The molecule has 0 saturated heterocycles. The summed E-state index contributed by atoms with van der Waals surface area (Å²) in [6.07, 6.45) is -1.07. The highest BCUT2D eigenvalue weighted by Gasteiger charge is 2.19. The van der Waals surface area contributed by atoms with Crippen LogP contribution in [0.15, 0.2) is 28.7 Å². The molecule has 3 amide bonds. The molecule has 0 radical (unpaired) electrons. The molecule has 0 aromatic heterocycles. The molecule has 0 unspecified atom stereocenters. The summed E-state index contributed by atoms with van der Waals surface area (Å²) in [4.78, 5) is 34.0. The quantitative estimate of drug-likeness (QED) is 0.739. The third-order valence-electron chi connectivity index (χ3n) is 2.51. The number of urea groups is 1. The van der Waals surface area contributed by atoms with Crippen molar-refractivity contribution >= 4 is 33.8 Å². The highest BCUT2D eigenvalue weighted by atomic mass is 79.9. The molecule has 0 aliphatic heterocycles. The maximum Gasteiger partial charge on any atom is 0.321 e. The molecule has 22 heavy (non-hydrogen) atoms. The first-order valence-corrected chi connectivity index (χ1v) is 7.32. The van der Waals surface area contributed by atoms with Crippen LogP contribution in [0.5, 0.6) is 5.75 Å². The van der Waals surface area contributed by atoms with E-state index < -0.39 is 24.0 Å². The SMILES string of the molecule is CNC(=O)NC(=O)[C@@H](C)OC(=O)CCOc1cccc(Br)c1. The molecule has 0 fully saturated rings. The Morgan fingerprint density at radius 1 is 1.32 bits per heavy atom. The van der Waals surface area contributed by atoms with Crippen molar-refractivity contribution in [1.82, 2.24) is 10.6 Å². The number of rotatable bonds is 6. The molecule has 1 aromatic rings. The second-order valence-electron chi connectivity index (χ2n) is 4.26. The Bertz CT molecular complexity index is 550. The topological polar surface area (TPSA) is 93.7 Å². The van der Waals surface area contributed by atoms with Crippen LogP contribution >= 0.6 is 15.9 Å². The zero-order valence-corrected chi connectivity index (χ0v) is 13.8. The second kappa shape index (κ2) is 9.04. The van der Waals surface area contributed by atoms with Gasteiger partial charge in [0.2, 0.25) is 0 Å². The number of carbonyl (C=O) groups is 3. The number of halogens is 1. The van der Waals surface area contributed by atoms with Crippen LogP contribution in [-0.4, -0.2) is 37.7 Å². The molecular formula is C14H17BrN2O5. The fraction of sp³-hybridized carbons (Fsp3) is 0.357. The van der Waals surface area contributed by atoms with Crippen LogP contribution in [-0.2, 0) is 14.3 Å². The van der Waals surface area contributed by atoms with E-state index in [-0.39, 0.29) is 13.0 Å². The summed E-state index contributed by atoms with van der Waals surface area (Å²) in [5, 5.41) is 4.25. The van der Waals surface area contributed by atoms with Gasteiger partial charge in [0.1, 0.15) is 5.75 Å². The molecule has 7 nitrogen and oxygen atoms in total. The molecule has 0 saturated carbocycles. The minimum atomic E-state index is -1.06. The van der Waals surface area contributed by atoms with Crippen molar-refractivity contribution in [3.05, 3.63) is 28.7 Å². The van der Waals surface area contributed by atoms with Gasteiger partial charge < -0.3 is 14.8 Å². The molecule has 1 rings (SSSR count). The third kappa shape index (κ3) is 6.57. The molecule has 0 aliphatic rings. The Balaban J connectivity index is 2.30. The van der Waals surface area contributed by atoms with Gasteiger partial charge in [-0.25, -0.2) is 4.79 Å². The van der Waals surface area contributed by atoms with Gasteiger partial charge in [-0.05, 0) is 25.1 Å². The van der Waals surface area contributed by atoms with Gasteiger partial charge in [0, 0.05) is 11.5 Å². The van der Waals surface area contributed by atoms with E-state index >= 15 is 0 Å². The van der Waals surface area contributed by atoms with Gasteiger partial charge in [0.05, 0.1) is 13.0 Å². The van der Waals surface area contributed by atoms with E-state index in [0.717, 1.165) is 4.47 Å². The van der Waals surface area contributed by atoms with Crippen LogP contribution < -0.4 is 15.4 Å². The first kappa shape index (κ1) is 18.0. The Morgan fingerprint density at radius 3 is 2.68 bits per heavy atom. The van der Waals surface area contributed by atoms with E-state index in [1.165, 1.54) is 14.0 Å². The lowest BCUT2D eigenvalue weighted by molar-refractivity contribution is -0.154. The lowest BCUT2D eigenvalue weighted by Gasteiger charge is -2.13. The van der Waals surface area contributed by atoms with E-state index in [9.17, 15) is 14.4 Å². The third-order valence-corrected chi connectivity index (χ3v) is 3.01. The molecule has 0 heterocycles. The van der Waals surface area contributed by atoms with Gasteiger partial charge in [0.25, 0.3) is 5.91 Å². The first-order valence-electron chi connectivity index (χ1n) is 6.52. The van der Waals surface area contributed by atoms with Crippen LogP contribution in [0.4, 0.5) is 4.79 Å². The summed E-state index contributed by atoms with van der Waals surface area (Å²) in [5.41, 5.74) is 0. The Hall–Kier alpha value is -2.09. The van der Waals surface area contributed by atoms with Crippen molar-refractivity contribution in [2.24, 2.45) is 0 Å². The van der Waals surface area contributed by atoms with Gasteiger partial charge in [-0.1, -0.05) is 22.0 Å². The number of nitrogens with one attached hydrogen (secondary N) is 2. The summed E-state index contributed by atoms with van der Waals surface area (Å²) in [7, 11) is 1.37. The Labute approximate surface area is 136 Å². The zero-order chi connectivity index (χ0) is 16.5. The molecule has 2 N–H and O–H groups in total. The van der Waals surface area contributed by atoms with Crippen molar-refractivity contribution in [3.8, 4) is 5.75 Å². The normalized spacial score (nSPS) is 11.2. The van der Waals surface area contributed by atoms with Crippen molar-refractivity contribution in [1.29, 1.82) is 0 Å². The molecule has 120 valence electrons. The van der Waals surface area contributed by atoms with Crippen LogP contribution in [0, 0.1) is 0 Å². The number of hydrogen-bond acceptors (Lipinski definition) is 5. The monoisotopic (exact) mass is 372 g/mol. The van der Waals surface area contributed by atoms with Crippen molar-refractivity contribution in [2.75, 3.05) is 13.7 Å². The van der Waals surface area contributed by atoms with Crippen LogP contribution in [0.25, 0.3) is 0 Å². The zero-order valence-electron chi connectivity index (χ0n) is 12.2. The molecule has 1 atom stereocenters. The second-order valence-corrected chi connectivity index (χ2v) is 5.17. The average Bonchev–Trinajstić information content (AvgIpc) is 2.47. The number of carbonyl (C=O) groups excluding carboxylic acids is 3. The highest BCUT2D eigenvalue weighted by molar-refractivity contribution is 9.10. The van der Waals surface area contributed by atoms with Crippen LogP contribution in [0.3, 0.4) is 0 Å². The Morgan fingerprint density at radius 2 is 2.05 bits per heavy atom. The standard InChI is InChI=1S/C14H17BrN2O5/c1-9(13(19)17-14(20)16-2)22-12(18)6-7-21-11-5-3-4-10(15)8-11/h3-5,8-9H,6-7H2,1-2H3,(H2,16,17,19,20)/t9-/m1/s1. The predicted octanol–water partition coefficient (Wildman–Crippen LogP) is 1.61. The first-order chi connectivity index (χ1) is 10.4. The van der Waals surface area contributed by atoms with E-state index in [1.54, 1.807) is 12.1 Å². The molecule has 0 spiro atoms. The van der Waals surface area contributed by atoms with Crippen molar-refractivity contribution < 1.29 is 23.9 Å². The number of amides is 3. The maximum atomic E-state index is 11.6. The summed E-state index contributed by atoms with van der Waals surface area (Å²) < 4.78 is 11.2. The smallest absolute Gasteiger partial charge is 0.321 e. The molecule has 8 heteroatoms. The highest BCUT2D eigenvalue weighted by Crippen LogP contribution is 2.17. The molecular weight excluding hydrogens is 356 g/mol. The van der Waals surface area contributed by atoms with E-state index in [2.05, 4.69) is 21.2 Å². The van der Waals surface area contributed by atoms with Crippen LogP contribution in [0.1, 0.15) is 13.3 Å². The molecule has 0 aliphatic carbocycles. The summed E-state index contributed by atoms with van der Waals surface area (Å²) >= 11 is 3.31. The molecule has 0 bridgehead atoms. The minimum Gasteiger partial charge on any atom is -0.493 e. The largest absolute Gasteiger partial charge is 0.493 e. The van der Waals surface area contributed by atoms with Gasteiger partial charge >= 0.3 is 12.0 Å². The van der Waals surface area contributed by atoms with E-state index in [1.807, 2.05) is 17.4 Å². The summed E-state index contributed by atoms with van der Waals surface area (Å²) in [6, 6.07) is 6.53. The van der Waals surface area contributed by atoms with Crippen LogP contribution in [0.2, 0.25) is 0 Å². The van der Waals surface area contributed by atoms with Gasteiger partial charge in [0.15, 0.2) is 6.10 Å². The van der Waals surface area contributed by atoms with Gasteiger partial charge in [-0.15, -0.1) is 0 Å². The number of ether oxygens (including phenoxy) is 2. The average molecular weight is 373 g/mol. The lowest BCUT2D eigenvalue weighted by atomic mass is 10.3. The fourth-order valence-electron chi connectivity index (χ4n) is 1.39. The minimum absolute atomic E-state index is 0.00981. The molecule has 1 aromatic carbocycles. The summed E-state index contributed by atoms with van der Waals surface area (Å²) in [5.74, 6) is -0.664. The Kier molecular flexibility index (Phi) is 7.38. The predicted molar refractivity (Wildman–Crippen MR) is 82.4 cm³/mol. The number of esters is 1. The number of benzene rings is 1. The lowest BCUT2D eigenvalue weighted by Crippen LogP contribution is -2.43. The van der Waals surface area contributed by atoms with E-state index in [4.69, 9.17) is 9.47 Å². The number of hydrogen-bond donors (Lipinski definition) is 2. The maximum absolute atomic E-state index is 11.6. The van der Waals surface area contributed by atoms with E-state index in [0.29, 0.717) is 5.75 Å².